The molecule has 0 spiro atoms. The Morgan fingerprint density at radius 1 is 1.27 bits per heavy atom. The molecule has 0 aromatic heterocycles. The number of amides is 1. The molecule has 1 atom stereocenters. The highest BCUT2D eigenvalue weighted by atomic mass is 35.5. The van der Waals surface area contributed by atoms with Crippen LogP contribution in [0.5, 0.6) is 0 Å². The maximum absolute atomic E-state index is 14.1. The number of hydrogen-bond donors (Lipinski definition) is 1. The highest BCUT2D eigenvalue weighted by Gasteiger charge is 2.36. The van der Waals surface area contributed by atoms with Crippen molar-refractivity contribution in [3.63, 3.8) is 0 Å². The van der Waals surface area contributed by atoms with Gasteiger partial charge in [-0.2, -0.15) is 0 Å². The van der Waals surface area contributed by atoms with Gasteiger partial charge in [-0.3, -0.25) is 9.18 Å². The van der Waals surface area contributed by atoms with E-state index >= 15 is 0 Å². The molecule has 1 aliphatic heterocycles. The molecule has 1 heterocycles. The summed E-state index contributed by atoms with van der Waals surface area (Å²) in [4.78, 5) is 24.5. The summed E-state index contributed by atoms with van der Waals surface area (Å²) < 4.78 is 29.9. The van der Waals surface area contributed by atoms with E-state index in [2.05, 4.69) is 5.32 Å². The number of alkyl halides is 1. The molecule has 0 unspecified atom stereocenters. The Kier molecular flexibility index (Phi) is 8.50. The third-order valence-corrected chi connectivity index (χ3v) is 5.23. The summed E-state index contributed by atoms with van der Waals surface area (Å²) in [5, 5.41) is 3.13. The monoisotopic (exact) mass is 443 g/mol. The van der Waals surface area contributed by atoms with Crippen LogP contribution in [0.4, 0.5) is 9.18 Å². The Morgan fingerprint density at radius 3 is 2.50 bits per heavy atom. The molecule has 30 heavy (non-hydrogen) atoms. The van der Waals surface area contributed by atoms with Crippen molar-refractivity contribution in [3.8, 4) is 0 Å². The van der Waals surface area contributed by atoms with Gasteiger partial charge in [0.25, 0.3) is 0 Å². The van der Waals surface area contributed by atoms with Gasteiger partial charge < -0.3 is 19.5 Å². The summed E-state index contributed by atoms with van der Waals surface area (Å²) in [7, 11) is 0. The lowest BCUT2D eigenvalue weighted by atomic mass is 9.74. The predicted molar refractivity (Wildman–Crippen MR) is 113 cm³/mol. The summed E-state index contributed by atoms with van der Waals surface area (Å²) in [6, 6.07) is 4.48. The first-order valence-electron chi connectivity index (χ1n) is 10.2. The second-order valence-corrected chi connectivity index (χ2v) is 8.94. The highest BCUT2D eigenvalue weighted by Crippen LogP contribution is 2.38. The van der Waals surface area contributed by atoms with Gasteiger partial charge in [0, 0.05) is 23.7 Å². The first-order chi connectivity index (χ1) is 14.1. The Hall–Kier alpha value is -1.86. The minimum absolute atomic E-state index is 0.0986. The number of halogens is 2. The number of carbonyl (C=O) groups is 2. The van der Waals surface area contributed by atoms with Crippen LogP contribution in [0.1, 0.15) is 64.1 Å². The van der Waals surface area contributed by atoms with Crippen LogP contribution < -0.4 is 5.32 Å². The first kappa shape index (κ1) is 24.4. The van der Waals surface area contributed by atoms with Gasteiger partial charge in [0.1, 0.15) is 5.60 Å². The molecule has 1 aliphatic rings. The Balaban J connectivity index is 2.37. The van der Waals surface area contributed by atoms with Gasteiger partial charge in [0.15, 0.2) is 0 Å². The van der Waals surface area contributed by atoms with E-state index in [1.807, 2.05) is 0 Å². The number of ether oxygens (including phenoxy) is 3. The second-order valence-electron chi connectivity index (χ2n) is 8.51. The standard InChI is InChI=1S/C22H31ClFNO5/c1-5-29-19(26)13-18(25-20(27)30-21(2,3)4)15-10-16(12-17(23)11-15)22(14-24)6-8-28-9-7-22/h10-12,18H,5-9,13-14H2,1-4H3,(H,25,27)/t18-/m1/s1. The smallest absolute Gasteiger partial charge is 0.408 e. The Bertz CT molecular complexity index is 744. The van der Waals surface area contributed by atoms with Crippen molar-refractivity contribution in [2.24, 2.45) is 0 Å². The van der Waals surface area contributed by atoms with Crippen LogP contribution in [0.25, 0.3) is 0 Å². The quantitative estimate of drug-likeness (QED) is 0.608. The minimum Gasteiger partial charge on any atom is -0.466 e. The topological polar surface area (TPSA) is 73.9 Å². The minimum atomic E-state index is -0.729. The third-order valence-electron chi connectivity index (χ3n) is 5.01. The summed E-state index contributed by atoms with van der Waals surface area (Å²) >= 11 is 6.36. The number of rotatable bonds is 7. The van der Waals surface area contributed by atoms with E-state index in [4.69, 9.17) is 25.8 Å². The number of alkyl carbamates (subject to hydrolysis) is 1. The van der Waals surface area contributed by atoms with Crippen molar-refractivity contribution in [1.29, 1.82) is 0 Å². The molecule has 0 saturated carbocycles. The first-order valence-corrected chi connectivity index (χ1v) is 10.6. The van der Waals surface area contributed by atoms with E-state index < -0.39 is 35.8 Å². The van der Waals surface area contributed by atoms with Gasteiger partial charge in [-0.1, -0.05) is 17.7 Å². The van der Waals surface area contributed by atoms with Gasteiger partial charge in [-0.05, 0) is 63.8 Å². The Morgan fingerprint density at radius 2 is 1.93 bits per heavy atom. The largest absolute Gasteiger partial charge is 0.466 e. The molecule has 1 fully saturated rings. The van der Waals surface area contributed by atoms with Crippen LogP contribution in [0.3, 0.4) is 0 Å². The van der Waals surface area contributed by atoms with Gasteiger partial charge in [-0.25, -0.2) is 4.79 Å². The van der Waals surface area contributed by atoms with Crippen LogP contribution >= 0.6 is 11.6 Å². The van der Waals surface area contributed by atoms with Crippen LogP contribution in [0.2, 0.25) is 5.02 Å². The fourth-order valence-electron chi connectivity index (χ4n) is 3.47. The number of benzene rings is 1. The predicted octanol–water partition coefficient (Wildman–Crippen LogP) is 4.88. The lowest BCUT2D eigenvalue weighted by Crippen LogP contribution is -2.37. The molecule has 0 radical (unpaired) electrons. The number of hydrogen-bond acceptors (Lipinski definition) is 5. The van der Waals surface area contributed by atoms with Gasteiger partial charge in [-0.15, -0.1) is 0 Å². The van der Waals surface area contributed by atoms with Crippen molar-refractivity contribution in [2.45, 2.75) is 64.0 Å². The zero-order valence-corrected chi connectivity index (χ0v) is 18.8. The average molecular weight is 444 g/mol. The number of esters is 1. The van der Waals surface area contributed by atoms with E-state index in [1.165, 1.54) is 0 Å². The number of nitrogens with one attached hydrogen (secondary N) is 1. The normalized spacial score (nSPS) is 17.1. The van der Waals surface area contributed by atoms with Crippen molar-refractivity contribution < 1.29 is 28.2 Å². The molecule has 6 nitrogen and oxygen atoms in total. The maximum atomic E-state index is 14.1. The van der Waals surface area contributed by atoms with Crippen molar-refractivity contribution in [3.05, 3.63) is 34.3 Å². The summed E-state index contributed by atoms with van der Waals surface area (Å²) in [6.45, 7) is 7.58. The molecule has 168 valence electrons. The van der Waals surface area contributed by atoms with E-state index in [9.17, 15) is 14.0 Å². The fourth-order valence-corrected chi connectivity index (χ4v) is 3.71. The van der Waals surface area contributed by atoms with E-state index in [-0.39, 0.29) is 13.0 Å². The number of carbonyl (C=O) groups excluding carboxylic acids is 2. The molecular weight excluding hydrogens is 413 g/mol. The summed E-state index contributed by atoms with van der Waals surface area (Å²) in [5.74, 6) is -0.466. The lowest BCUT2D eigenvalue weighted by Gasteiger charge is -2.36. The summed E-state index contributed by atoms with van der Waals surface area (Å²) in [6.07, 6.45) is 0.305. The molecule has 0 bridgehead atoms. The van der Waals surface area contributed by atoms with Gasteiger partial charge >= 0.3 is 12.1 Å². The molecule has 1 saturated heterocycles. The molecule has 2 rings (SSSR count). The van der Waals surface area contributed by atoms with Crippen molar-refractivity contribution in [1.82, 2.24) is 5.32 Å². The zero-order valence-electron chi connectivity index (χ0n) is 18.1. The highest BCUT2D eigenvalue weighted by molar-refractivity contribution is 6.30. The average Bonchev–Trinajstić information content (AvgIpc) is 2.66. The van der Waals surface area contributed by atoms with Crippen LogP contribution in [-0.2, 0) is 24.4 Å². The van der Waals surface area contributed by atoms with Gasteiger partial charge in [0.05, 0.1) is 25.7 Å². The van der Waals surface area contributed by atoms with Crippen LogP contribution in [0, 0.1) is 0 Å². The van der Waals surface area contributed by atoms with E-state index in [0.717, 1.165) is 5.56 Å². The third kappa shape index (κ3) is 6.84. The molecular formula is C22H31ClFNO5. The van der Waals surface area contributed by atoms with E-state index in [0.29, 0.717) is 36.6 Å². The second kappa shape index (κ2) is 10.4. The maximum Gasteiger partial charge on any atom is 0.408 e. The summed E-state index contributed by atoms with van der Waals surface area (Å²) in [5.41, 5.74) is -0.0668. The molecule has 0 aliphatic carbocycles. The van der Waals surface area contributed by atoms with E-state index in [1.54, 1.807) is 45.9 Å². The molecule has 1 aromatic rings. The molecule has 1 amide bonds. The van der Waals surface area contributed by atoms with Gasteiger partial charge in [0.2, 0.25) is 0 Å². The zero-order chi connectivity index (χ0) is 22.4. The van der Waals surface area contributed by atoms with Crippen molar-refractivity contribution in [2.75, 3.05) is 26.5 Å². The molecule has 1 aromatic carbocycles. The molecule has 1 N–H and O–H groups in total. The molecule has 8 heteroatoms. The Labute approximate surface area is 182 Å². The van der Waals surface area contributed by atoms with Crippen LogP contribution in [-0.4, -0.2) is 44.2 Å². The van der Waals surface area contributed by atoms with Crippen molar-refractivity contribution >= 4 is 23.7 Å². The SMILES string of the molecule is CCOC(=O)C[C@@H](NC(=O)OC(C)(C)C)c1cc(Cl)cc(C2(CF)CCOCC2)c1. The fraction of sp³-hybridized carbons (Fsp3) is 0.636. The van der Waals surface area contributed by atoms with Crippen LogP contribution in [0.15, 0.2) is 18.2 Å². The lowest BCUT2D eigenvalue weighted by molar-refractivity contribution is -0.143.